The van der Waals surface area contributed by atoms with E-state index < -0.39 is 0 Å². The van der Waals surface area contributed by atoms with Crippen LogP contribution in [0.2, 0.25) is 0 Å². The molecule has 0 fully saturated rings. The molecule has 0 bridgehead atoms. The van der Waals surface area contributed by atoms with Crippen molar-refractivity contribution in [1.29, 1.82) is 0 Å². The largest absolute Gasteiger partial charge is 0.497 e. The molecule has 0 saturated carbocycles. The number of likely N-dealkylation sites (N-methyl/N-ethyl adjacent to an activating group) is 1. The number of carbonyl (C=O) groups is 2. The molecule has 0 radical (unpaired) electrons. The van der Waals surface area contributed by atoms with Crippen molar-refractivity contribution >= 4 is 17.4 Å². The van der Waals surface area contributed by atoms with Crippen molar-refractivity contribution in [3.8, 4) is 5.75 Å². The van der Waals surface area contributed by atoms with Gasteiger partial charge in [0.2, 0.25) is 5.78 Å². The Bertz CT molecular complexity index is 811. The van der Waals surface area contributed by atoms with Gasteiger partial charge in [-0.15, -0.1) is 0 Å². The van der Waals surface area contributed by atoms with Gasteiger partial charge >= 0.3 is 0 Å². The van der Waals surface area contributed by atoms with Crippen LogP contribution in [0, 0.1) is 13.8 Å². The monoisotopic (exact) mass is 372 g/mol. The molecule has 1 aromatic heterocycles. The molecule has 6 heteroatoms. The minimum absolute atomic E-state index is 0.0668. The molecule has 0 saturated heterocycles. The van der Waals surface area contributed by atoms with Crippen LogP contribution in [0.5, 0.6) is 5.75 Å². The minimum Gasteiger partial charge on any atom is -0.497 e. The van der Waals surface area contributed by atoms with Crippen LogP contribution in [0.25, 0.3) is 0 Å². The second-order valence-electron chi connectivity index (χ2n) is 6.95. The lowest BCUT2D eigenvalue weighted by Gasteiger charge is -2.14. The third kappa shape index (κ3) is 5.44. The van der Waals surface area contributed by atoms with E-state index in [1.807, 2.05) is 45.2 Å². The molecule has 2 N–H and O–H groups in total. The number of amides is 1. The van der Waals surface area contributed by atoms with Crippen LogP contribution in [-0.2, 0) is 11.3 Å². The van der Waals surface area contributed by atoms with Gasteiger partial charge in [-0.05, 0) is 38.5 Å². The lowest BCUT2D eigenvalue weighted by atomic mass is 10.1. The number of carbonyl (C=O) groups excluding carboxylic acids is 2. The number of quaternary nitrogens is 1. The zero-order valence-electron chi connectivity index (χ0n) is 16.9. The van der Waals surface area contributed by atoms with E-state index in [1.54, 1.807) is 13.2 Å². The summed E-state index contributed by atoms with van der Waals surface area (Å²) in [4.78, 5) is 25.8. The van der Waals surface area contributed by atoms with E-state index in [0.717, 1.165) is 34.8 Å². The van der Waals surface area contributed by atoms with Gasteiger partial charge < -0.3 is 19.5 Å². The highest BCUT2D eigenvalue weighted by atomic mass is 16.5. The molecule has 1 amide bonds. The summed E-state index contributed by atoms with van der Waals surface area (Å²) in [6.07, 6.45) is 1.03. The van der Waals surface area contributed by atoms with Crippen molar-refractivity contribution in [1.82, 2.24) is 4.57 Å². The number of rotatable bonds is 9. The number of aryl methyl sites for hydroxylation is 1. The number of ketones is 1. The number of hydrogen-bond donors (Lipinski definition) is 2. The molecule has 27 heavy (non-hydrogen) atoms. The van der Waals surface area contributed by atoms with Crippen molar-refractivity contribution < 1.29 is 19.2 Å². The fourth-order valence-electron chi connectivity index (χ4n) is 3.26. The highest BCUT2D eigenvalue weighted by Gasteiger charge is 2.20. The molecule has 0 aliphatic rings. The van der Waals surface area contributed by atoms with Crippen LogP contribution in [0.3, 0.4) is 0 Å². The maximum absolute atomic E-state index is 12.7. The van der Waals surface area contributed by atoms with E-state index in [-0.39, 0.29) is 24.8 Å². The van der Waals surface area contributed by atoms with Crippen molar-refractivity contribution in [2.75, 3.05) is 32.6 Å². The number of Topliss-reactive ketones (excluding diaryl/α,β-unsaturated/α-hetero) is 1. The van der Waals surface area contributed by atoms with E-state index in [4.69, 9.17) is 4.74 Å². The Kier molecular flexibility index (Phi) is 7.19. The third-order valence-electron chi connectivity index (χ3n) is 4.60. The summed E-state index contributed by atoms with van der Waals surface area (Å²) in [6.45, 7) is 7.55. The summed E-state index contributed by atoms with van der Waals surface area (Å²) >= 11 is 0. The quantitative estimate of drug-likeness (QED) is 0.661. The molecule has 0 aliphatic heterocycles. The Morgan fingerprint density at radius 1 is 1.19 bits per heavy atom. The molecule has 6 nitrogen and oxygen atoms in total. The minimum atomic E-state index is -0.134. The van der Waals surface area contributed by atoms with Crippen molar-refractivity contribution in [2.24, 2.45) is 0 Å². The Labute approximate surface area is 161 Å². The number of nitrogens with zero attached hydrogens (tertiary/aromatic N) is 1. The van der Waals surface area contributed by atoms with Crippen LogP contribution in [0.4, 0.5) is 5.69 Å². The summed E-state index contributed by atoms with van der Waals surface area (Å²) in [5, 5.41) is 2.85. The van der Waals surface area contributed by atoms with Crippen LogP contribution >= 0.6 is 0 Å². The van der Waals surface area contributed by atoms with Crippen LogP contribution in [-0.4, -0.2) is 43.5 Å². The topological polar surface area (TPSA) is 64.8 Å². The highest BCUT2D eigenvalue weighted by Crippen LogP contribution is 2.17. The summed E-state index contributed by atoms with van der Waals surface area (Å²) in [5.74, 6) is 0.619. The van der Waals surface area contributed by atoms with E-state index in [0.29, 0.717) is 11.4 Å². The van der Waals surface area contributed by atoms with Gasteiger partial charge in [0, 0.05) is 35.2 Å². The van der Waals surface area contributed by atoms with Crippen LogP contribution in [0.15, 0.2) is 30.3 Å². The Balaban J connectivity index is 1.94. The second kappa shape index (κ2) is 9.37. The summed E-state index contributed by atoms with van der Waals surface area (Å²) in [7, 11) is 3.44. The number of anilines is 1. The van der Waals surface area contributed by atoms with Gasteiger partial charge in [0.25, 0.3) is 5.91 Å². The summed E-state index contributed by atoms with van der Waals surface area (Å²) in [5.41, 5.74) is 3.55. The molecule has 1 unspecified atom stereocenters. The van der Waals surface area contributed by atoms with Gasteiger partial charge in [0.1, 0.15) is 12.3 Å². The van der Waals surface area contributed by atoms with E-state index >= 15 is 0 Å². The molecule has 0 spiro atoms. The molecule has 1 aromatic carbocycles. The van der Waals surface area contributed by atoms with Crippen molar-refractivity contribution in [2.45, 2.75) is 33.7 Å². The van der Waals surface area contributed by atoms with Crippen molar-refractivity contribution in [3.63, 3.8) is 0 Å². The van der Waals surface area contributed by atoms with Gasteiger partial charge in [-0.3, -0.25) is 9.59 Å². The summed E-state index contributed by atoms with van der Waals surface area (Å²) in [6, 6.07) is 9.17. The van der Waals surface area contributed by atoms with Crippen LogP contribution in [0.1, 0.15) is 35.1 Å². The number of benzene rings is 1. The molecule has 1 heterocycles. The Morgan fingerprint density at radius 3 is 2.59 bits per heavy atom. The first-order valence-corrected chi connectivity index (χ1v) is 9.30. The van der Waals surface area contributed by atoms with Gasteiger partial charge in [0.05, 0.1) is 14.2 Å². The third-order valence-corrected chi connectivity index (χ3v) is 4.60. The zero-order chi connectivity index (χ0) is 20.0. The first-order valence-electron chi connectivity index (χ1n) is 9.30. The van der Waals surface area contributed by atoms with Gasteiger partial charge in [-0.1, -0.05) is 13.0 Å². The maximum Gasteiger partial charge on any atom is 0.279 e. The predicted octanol–water partition coefficient (Wildman–Crippen LogP) is 1.86. The molecular weight excluding hydrogens is 342 g/mol. The van der Waals surface area contributed by atoms with Gasteiger partial charge in [-0.25, -0.2) is 0 Å². The first-order chi connectivity index (χ1) is 12.8. The lowest BCUT2D eigenvalue weighted by molar-refractivity contribution is -0.861. The predicted molar refractivity (Wildman–Crippen MR) is 107 cm³/mol. The number of aromatic nitrogens is 1. The first kappa shape index (κ1) is 20.7. The molecule has 2 rings (SSSR count). The molecule has 2 aromatic rings. The number of ether oxygens (including phenoxy) is 1. The lowest BCUT2D eigenvalue weighted by Crippen LogP contribution is -3.11. The molecule has 1 atom stereocenters. The zero-order valence-corrected chi connectivity index (χ0v) is 16.9. The maximum atomic E-state index is 12.7. The summed E-state index contributed by atoms with van der Waals surface area (Å²) < 4.78 is 7.33. The number of nitrogens with one attached hydrogen (secondary N) is 2. The average Bonchev–Trinajstić information content (AvgIpc) is 2.90. The highest BCUT2D eigenvalue weighted by molar-refractivity contribution is 5.98. The SMILES string of the molecule is CCCn1c(C)cc(C(=O)C[NH+](C)CC(=O)Nc2cccc(OC)c2)c1C. The van der Waals surface area contributed by atoms with Gasteiger partial charge in [-0.2, -0.15) is 0 Å². The standard InChI is InChI=1S/C21H29N3O3/c1-6-10-24-15(2)11-19(16(24)3)20(25)13-23(4)14-21(26)22-17-8-7-9-18(12-17)27-5/h7-9,11-12H,6,10,13-14H2,1-5H3,(H,22,26)/p+1. The Hall–Kier alpha value is -2.60. The van der Waals surface area contributed by atoms with Crippen LogP contribution < -0.4 is 15.0 Å². The van der Waals surface area contributed by atoms with E-state index in [9.17, 15) is 9.59 Å². The van der Waals surface area contributed by atoms with Gasteiger partial charge in [0.15, 0.2) is 6.54 Å². The molecular formula is C21H30N3O3+. The molecule has 0 aliphatic carbocycles. The second-order valence-corrected chi connectivity index (χ2v) is 6.95. The fraction of sp³-hybridized carbons (Fsp3) is 0.429. The molecule has 146 valence electrons. The van der Waals surface area contributed by atoms with Crippen molar-refractivity contribution in [3.05, 3.63) is 47.3 Å². The smallest absolute Gasteiger partial charge is 0.279 e. The van der Waals surface area contributed by atoms with E-state index in [1.165, 1.54) is 0 Å². The Morgan fingerprint density at radius 2 is 1.93 bits per heavy atom. The normalized spacial score (nSPS) is 11.9. The fourth-order valence-corrected chi connectivity index (χ4v) is 3.26. The number of methoxy groups -OCH3 is 1. The van der Waals surface area contributed by atoms with E-state index in [2.05, 4.69) is 16.8 Å². The average molecular weight is 372 g/mol. The number of hydrogen-bond acceptors (Lipinski definition) is 3.